The largest absolute Gasteiger partial charge is 0.489 e. The number of rotatable bonds is 9. The summed E-state index contributed by atoms with van der Waals surface area (Å²) in [6.45, 7) is 0.310. The fourth-order valence-electron chi connectivity index (χ4n) is 5.20. The zero-order chi connectivity index (χ0) is 30.3. The van der Waals surface area contributed by atoms with Crippen molar-refractivity contribution in [3.05, 3.63) is 118 Å². The van der Waals surface area contributed by atoms with E-state index < -0.39 is 29.1 Å². The van der Waals surface area contributed by atoms with Gasteiger partial charge in [0.25, 0.3) is 5.56 Å². The topological polar surface area (TPSA) is 98.7 Å². The summed E-state index contributed by atoms with van der Waals surface area (Å²) in [4.78, 5) is 39.3. The zero-order valence-electron chi connectivity index (χ0n) is 23.5. The summed E-state index contributed by atoms with van der Waals surface area (Å²) >= 11 is 5.94. The third-order valence-corrected chi connectivity index (χ3v) is 7.80. The van der Waals surface area contributed by atoms with Gasteiger partial charge in [-0.2, -0.15) is 0 Å². The van der Waals surface area contributed by atoms with Crippen LogP contribution in [-0.2, 0) is 20.9 Å². The Morgan fingerprint density at radius 2 is 1.67 bits per heavy atom. The van der Waals surface area contributed by atoms with Crippen molar-refractivity contribution in [1.29, 1.82) is 0 Å². The molecule has 0 aliphatic heterocycles. The first-order valence-corrected chi connectivity index (χ1v) is 14.3. The van der Waals surface area contributed by atoms with Crippen molar-refractivity contribution in [2.75, 3.05) is 17.7 Å². The predicted octanol–water partition coefficient (Wildman–Crippen LogP) is 6.22. The molecule has 3 aromatic carbocycles. The third-order valence-electron chi connectivity index (χ3n) is 7.55. The normalized spacial score (nSPS) is 18.1. The molecular formula is C33H31ClFN3O5. The van der Waals surface area contributed by atoms with Gasteiger partial charge in [-0.25, -0.2) is 4.39 Å². The van der Waals surface area contributed by atoms with Crippen molar-refractivity contribution in [3.63, 3.8) is 0 Å². The number of ether oxygens (including phenoxy) is 2. The first-order valence-electron chi connectivity index (χ1n) is 13.9. The highest BCUT2D eigenvalue weighted by Gasteiger charge is 2.39. The van der Waals surface area contributed by atoms with Crippen molar-refractivity contribution in [3.8, 4) is 11.4 Å². The van der Waals surface area contributed by atoms with Crippen LogP contribution in [0.15, 0.2) is 95.9 Å². The Kier molecular flexibility index (Phi) is 9.54. The number of nitrogens with one attached hydrogen (secondary N) is 2. The highest BCUT2D eigenvalue weighted by molar-refractivity contribution is 6.30. The molecule has 222 valence electrons. The molecule has 1 aliphatic carbocycles. The minimum Gasteiger partial charge on any atom is -0.489 e. The average molecular weight is 604 g/mol. The number of carbonyl (C=O) groups is 2. The van der Waals surface area contributed by atoms with Gasteiger partial charge in [-0.3, -0.25) is 19.0 Å². The SMILES string of the molecule is COC1CC[C@@H](C(=O)Nc2ccc(-n3ccc(OCc4ccccc4)cc3=O)cc2F)[C@@H](C(=O)Nc2ccc(Cl)cc2)C1. The number of aromatic nitrogens is 1. The lowest BCUT2D eigenvalue weighted by Crippen LogP contribution is -2.42. The number of nitrogens with zero attached hydrogens (tertiary/aromatic N) is 1. The Bertz CT molecular complexity index is 1640. The molecule has 0 saturated heterocycles. The molecule has 0 bridgehead atoms. The van der Waals surface area contributed by atoms with Crippen LogP contribution in [-0.4, -0.2) is 29.6 Å². The number of pyridine rings is 1. The van der Waals surface area contributed by atoms with Crippen LogP contribution in [0.3, 0.4) is 0 Å². The molecule has 0 spiro atoms. The minimum absolute atomic E-state index is 0.0460. The van der Waals surface area contributed by atoms with E-state index >= 15 is 4.39 Å². The van der Waals surface area contributed by atoms with Gasteiger partial charge in [0, 0.05) is 36.1 Å². The second-order valence-corrected chi connectivity index (χ2v) is 10.8. The van der Waals surface area contributed by atoms with Gasteiger partial charge in [-0.1, -0.05) is 41.9 Å². The van der Waals surface area contributed by atoms with E-state index in [9.17, 15) is 14.4 Å². The van der Waals surface area contributed by atoms with E-state index in [2.05, 4.69) is 10.6 Å². The van der Waals surface area contributed by atoms with Gasteiger partial charge < -0.3 is 20.1 Å². The van der Waals surface area contributed by atoms with Crippen molar-refractivity contribution in [2.24, 2.45) is 11.8 Å². The predicted molar refractivity (Wildman–Crippen MR) is 163 cm³/mol. The van der Waals surface area contributed by atoms with Gasteiger partial charge in [-0.05, 0) is 67.3 Å². The fraction of sp³-hybridized carbons (Fsp3) is 0.242. The molecule has 1 fully saturated rings. The van der Waals surface area contributed by atoms with Crippen molar-refractivity contribution in [1.82, 2.24) is 4.57 Å². The van der Waals surface area contributed by atoms with Gasteiger partial charge in [0.2, 0.25) is 11.8 Å². The van der Waals surface area contributed by atoms with Crippen molar-refractivity contribution < 1.29 is 23.5 Å². The zero-order valence-corrected chi connectivity index (χ0v) is 24.2. The third kappa shape index (κ3) is 7.49. The van der Waals surface area contributed by atoms with Gasteiger partial charge >= 0.3 is 0 Å². The Morgan fingerprint density at radius 3 is 2.37 bits per heavy atom. The van der Waals surface area contributed by atoms with Crippen LogP contribution in [0.5, 0.6) is 5.75 Å². The van der Waals surface area contributed by atoms with E-state index in [1.807, 2.05) is 30.3 Å². The number of hydrogen-bond acceptors (Lipinski definition) is 5. The van der Waals surface area contributed by atoms with Gasteiger partial charge in [0.05, 0.1) is 29.3 Å². The molecule has 1 aromatic heterocycles. The first kappa shape index (κ1) is 30.0. The summed E-state index contributed by atoms with van der Waals surface area (Å²) in [5.74, 6) is -2.48. The fourth-order valence-corrected chi connectivity index (χ4v) is 5.33. The number of amides is 2. The number of hydrogen-bond donors (Lipinski definition) is 2. The molecule has 1 saturated carbocycles. The molecule has 0 radical (unpaired) electrons. The molecule has 8 nitrogen and oxygen atoms in total. The van der Waals surface area contributed by atoms with Crippen LogP contribution >= 0.6 is 11.6 Å². The number of carbonyl (C=O) groups excluding carboxylic acids is 2. The molecule has 1 heterocycles. The van der Waals surface area contributed by atoms with E-state index in [0.29, 0.717) is 42.3 Å². The average Bonchev–Trinajstić information content (AvgIpc) is 3.02. The van der Waals surface area contributed by atoms with E-state index in [-0.39, 0.29) is 23.4 Å². The summed E-state index contributed by atoms with van der Waals surface area (Å²) in [5.41, 5.74) is 1.37. The highest BCUT2D eigenvalue weighted by Crippen LogP contribution is 2.34. The van der Waals surface area contributed by atoms with Gasteiger partial charge in [0.1, 0.15) is 18.2 Å². The van der Waals surface area contributed by atoms with Crippen LogP contribution in [0.4, 0.5) is 15.8 Å². The summed E-state index contributed by atoms with van der Waals surface area (Å²) in [7, 11) is 1.58. The quantitative estimate of drug-likeness (QED) is 0.237. The molecule has 10 heteroatoms. The summed E-state index contributed by atoms with van der Waals surface area (Å²) in [6.07, 6.45) is 2.68. The maximum Gasteiger partial charge on any atom is 0.258 e. The van der Waals surface area contributed by atoms with Crippen LogP contribution in [0.1, 0.15) is 24.8 Å². The lowest BCUT2D eigenvalue weighted by Gasteiger charge is -2.33. The van der Waals surface area contributed by atoms with Crippen molar-refractivity contribution >= 4 is 34.8 Å². The van der Waals surface area contributed by atoms with E-state index in [1.165, 1.54) is 35.0 Å². The number of benzene rings is 3. The molecule has 43 heavy (non-hydrogen) atoms. The second-order valence-electron chi connectivity index (χ2n) is 10.4. The smallest absolute Gasteiger partial charge is 0.258 e. The summed E-state index contributed by atoms with van der Waals surface area (Å²) < 4.78 is 27.7. The summed E-state index contributed by atoms with van der Waals surface area (Å²) in [6, 6.07) is 23.3. The van der Waals surface area contributed by atoms with Crippen LogP contribution in [0, 0.1) is 17.7 Å². The molecule has 4 aromatic rings. The first-order chi connectivity index (χ1) is 20.8. The van der Waals surface area contributed by atoms with E-state index in [4.69, 9.17) is 21.1 Å². The Labute approximate surface area is 253 Å². The molecule has 5 rings (SSSR count). The molecule has 1 unspecified atom stereocenters. The Morgan fingerprint density at radius 1 is 0.930 bits per heavy atom. The maximum atomic E-state index is 15.2. The lowest BCUT2D eigenvalue weighted by molar-refractivity contribution is -0.133. The number of halogens is 2. The molecule has 1 aliphatic rings. The van der Waals surface area contributed by atoms with E-state index in [0.717, 1.165) is 5.56 Å². The monoisotopic (exact) mass is 603 g/mol. The number of methoxy groups -OCH3 is 1. The molecular weight excluding hydrogens is 573 g/mol. The van der Waals surface area contributed by atoms with Crippen LogP contribution in [0.2, 0.25) is 5.02 Å². The lowest BCUT2D eigenvalue weighted by atomic mass is 9.76. The standard InChI is InChI=1S/C33H31ClFN3O5/c1-42-25-12-13-27(28(18-25)33(41)36-23-9-7-22(34)8-10-23)32(40)37-30-14-11-24(17-29(30)35)38-16-15-26(19-31(38)39)43-20-21-5-3-2-4-6-21/h2-11,14-17,19,25,27-28H,12-13,18,20H2,1H3,(H,36,41)(H,37,40)/t25?,27-,28+/m1/s1. The van der Waals surface area contributed by atoms with Gasteiger partial charge in [-0.15, -0.1) is 0 Å². The maximum absolute atomic E-state index is 15.2. The Hall–Kier alpha value is -4.47. The van der Waals surface area contributed by atoms with Crippen LogP contribution < -0.4 is 20.9 Å². The second kappa shape index (κ2) is 13.7. The number of anilines is 2. The highest BCUT2D eigenvalue weighted by atomic mass is 35.5. The van der Waals surface area contributed by atoms with Crippen LogP contribution in [0.25, 0.3) is 5.69 Å². The Balaban J connectivity index is 1.27. The van der Waals surface area contributed by atoms with Crippen molar-refractivity contribution in [2.45, 2.75) is 32.0 Å². The van der Waals surface area contributed by atoms with Gasteiger partial charge in [0.15, 0.2) is 0 Å². The minimum atomic E-state index is -0.713. The molecule has 2 N–H and O–H groups in total. The van der Waals surface area contributed by atoms with E-state index in [1.54, 1.807) is 37.4 Å². The molecule has 3 atom stereocenters. The summed E-state index contributed by atoms with van der Waals surface area (Å²) in [5, 5.41) is 6.03. The molecule has 2 amide bonds.